The number of benzene rings is 1. The van der Waals surface area contributed by atoms with Crippen LogP contribution >= 0.6 is 0 Å². The Balaban J connectivity index is 2.30. The molecule has 0 aliphatic heterocycles. The topological polar surface area (TPSA) is 20.2 Å². The third kappa shape index (κ3) is 1.57. The van der Waals surface area contributed by atoms with Gasteiger partial charge in [0.05, 0.1) is 5.60 Å². The van der Waals surface area contributed by atoms with Gasteiger partial charge >= 0.3 is 0 Å². The zero-order chi connectivity index (χ0) is 10.0. The highest BCUT2D eigenvalue weighted by molar-refractivity contribution is 5.23. The second-order valence-electron chi connectivity index (χ2n) is 4.44. The average Bonchev–Trinajstić information content (AvgIpc) is 2.24. The zero-order valence-electron chi connectivity index (χ0n) is 8.74. The molecule has 0 radical (unpaired) electrons. The summed E-state index contributed by atoms with van der Waals surface area (Å²) in [7, 11) is 0. The molecule has 0 heterocycles. The fourth-order valence-electron chi connectivity index (χ4n) is 2.49. The van der Waals surface area contributed by atoms with Gasteiger partial charge in [-0.1, -0.05) is 50.1 Å². The molecule has 1 aromatic rings. The van der Waals surface area contributed by atoms with E-state index in [-0.39, 0.29) is 0 Å². The van der Waals surface area contributed by atoms with Crippen molar-refractivity contribution in [3.05, 3.63) is 35.9 Å². The molecule has 0 bridgehead atoms. The largest absolute Gasteiger partial charge is 0.385 e. The molecule has 0 amide bonds. The van der Waals surface area contributed by atoms with Gasteiger partial charge in [-0.05, 0) is 24.3 Å². The van der Waals surface area contributed by atoms with Crippen molar-refractivity contribution in [1.29, 1.82) is 0 Å². The third-order valence-electron chi connectivity index (χ3n) is 3.53. The Bertz CT molecular complexity index is 293. The first-order valence-corrected chi connectivity index (χ1v) is 5.51. The molecule has 76 valence electrons. The van der Waals surface area contributed by atoms with Crippen LogP contribution in [-0.4, -0.2) is 5.11 Å². The summed E-state index contributed by atoms with van der Waals surface area (Å²) in [6.07, 6.45) is 4.47. The Hall–Kier alpha value is -0.820. The van der Waals surface area contributed by atoms with Gasteiger partial charge in [0.25, 0.3) is 0 Å². The van der Waals surface area contributed by atoms with E-state index in [0.29, 0.717) is 5.92 Å². The normalized spacial score (nSPS) is 32.9. The lowest BCUT2D eigenvalue weighted by Gasteiger charge is -2.38. The van der Waals surface area contributed by atoms with Crippen LogP contribution in [0.15, 0.2) is 30.3 Å². The lowest BCUT2D eigenvalue weighted by molar-refractivity contribution is -0.0469. The fraction of sp³-hybridized carbons (Fsp3) is 0.538. The summed E-state index contributed by atoms with van der Waals surface area (Å²) in [5.41, 5.74) is 0.520. The molecule has 1 heteroatoms. The molecular weight excluding hydrogens is 172 g/mol. The minimum absolute atomic E-state index is 0.388. The number of hydrogen-bond acceptors (Lipinski definition) is 1. The van der Waals surface area contributed by atoms with Crippen LogP contribution in [0.3, 0.4) is 0 Å². The molecule has 1 aromatic carbocycles. The van der Waals surface area contributed by atoms with Crippen molar-refractivity contribution in [3.8, 4) is 0 Å². The van der Waals surface area contributed by atoms with E-state index >= 15 is 0 Å². The molecule has 1 fully saturated rings. The third-order valence-corrected chi connectivity index (χ3v) is 3.53. The van der Waals surface area contributed by atoms with Crippen LogP contribution in [0.4, 0.5) is 0 Å². The van der Waals surface area contributed by atoms with E-state index in [0.717, 1.165) is 24.8 Å². The Morgan fingerprint density at radius 3 is 2.57 bits per heavy atom. The van der Waals surface area contributed by atoms with E-state index < -0.39 is 5.60 Å². The van der Waals surface area contributed by atoms with Gasteiger partial charge < -0.3 is 5.11 Å². The maximum Gasteiger partial charge on any atom is 0.0921 e. The van der Waals surface area contributed by atoms with Gasteiger partial charge in [0.1, 0.15) is 0 Å². The fourth-order valence-corrected chi connectivity index (χ4v) is 2.49. The highest BCUT2D eigenvalue weighted by Gasteiger charge is 2.37. The standard InChI is InChI=1S/C13H18O/c1-11-7-5-6-10-13(11,14)12-8-3-2-4-9-12/h2-4,8-9,11,14H,5-7,10H2,1H3/t11?,13-/m0/s1. The van der Waals surface area contributed by atoms with Crippen molar-refractivity contribution in [2.45, 2.75) is 38.2 Å². The molecule has 2 atom stereocenters. The second kappa shape index (κ2) is 3.74. The molecule has 0 spiro atoms. The van der Waals surface area contributed by atoms with Gasteiger partial charge in [0, 0.05) is 0 Å². The molecular formula is C13H18O. The average molecular weight is 190 g/mol. The molecule has 1 saturated carbocycles. The maximum absolute atomic E-state index is 10.6. The predicted molar refractivity (Wildman–Crippen MR) is 58.0 cm³/mol. The van der Waals surface area contributed by atoms with Crippen molar-refractivity contribution >= 4 is 0 Å². The Kier molecular flexibility index (Phi) is 2.60. The van der Waals surface area contributed by atoms with Crippen molar-refractivity contribution in [3.63, 3.8) is 0 Å². The van der Waals surface area contributed by atoms with Crippen LogP contribution in [0.25, 0.3) is 0 Å². The molecule has 0 saturated heterocycles. The SMILES string of the molecule is CC1CCCC[C@@]1(O)c1ccccc1. The van der Waals surface area contributed by atoms with Crippen LogP contribution in [-0.2, 0) is 5.60 Å². The minimum atomic E-state index is -0.570. The second-order valence-corrected chi connectivity index (χ2v) is 4.44. The lowest BCUT2D eigenvalue weighted by atomic mass is 9.72. The highest BCUT2D eigenvalue weighted by atomic mass is 16.3. The number of rotatable bonds is 1. The Morgan fingerprint density at radius 1 is 1.21 bits per heavy atom. The highest BCUT2D eigenvalue weighted by Crippen LogP contribution is 2.41. The molecule has 1 nitrogen and oxygen atoms in total. The molecule has 1 aliphatic rings. The summed E-state index contributed by atoms with van der Waals surface area (Å²) < 4.78 is 0. The van der Waals surface area contributed by atoms with Gasteiger partial charge in [0.15, 0.2) is 0 Å². The first kappa shape index (κ1) is 9.72. The molecule has 2 rings (SSSR count). The van der Waals surface area contributed by atoms with Crippen LogP contribution in [0.5, 0.6) is 0 Å². The van der Waals surface area contributed by atoms with Gasteiger partial charge in [-0.25, -0.2) is 0 Å². The minimum Gasteiger partial charge on any atom is -0.385 e. The van der Waals surface area contributed by atoms with Crippen molar-refractivity contribution in [2.24, 2.45) is 5.92 Å². The first-order valence-electron chi connectivity index (χ1n) is 5.51. The van der Waals surface area contributed by atoms with E-state index in [4.69, 9.17) is 0 Å². The van der Waals surface area contributed by atoms with E-state index in [2.05, 4.69) is 6.92 Å². The van der Waals surface area contributed by atoms with Gasteiger partial charge in [-0.15, -0.1) is 0 Å². The van der Waals surface area contributed by atoms with E-state index in [1.54, 1.807) is 0 Å². The summed E-state index contributed by atoms with van der Waals surface area (Å²) >= 11 is 0. The Labute approximate surface area is 85.8 Å². The predicted octanol–water partition coefficient (Wildman–Crippen LogP) is 3.08. The van der Waals surface area contributed by atoms with Gasteiger partial charge in [-0.3, -0.25) is 0 Å². The molecule has 1 unspecified atom stereocenters. The van der Waals surface area contributed by atoms with E-state index in [1.807, 2.05) is 30.3 Å². The van der Waals surface area contributed by atoms with Crippen LogP contribution in [0.1, 0.15) is 38.2 Å². The first-order chi connectivity index (χ1) is 6.73. The van der Waals surface area contributed by atoms with Crippen molar-refractivity contribution in [2.75, 3.05) is 0 Å². The monoisotopic (exact) mass is 190 g/mol. The quantitative estimate of drug-likeness (QED) is 0.721. The summed E-state index contributed by atoms with van der Waals surface area (Å²) in [5, 5.41) is 10.6. The van der Waals surface area contributed by atoms with Crippen LogP contribution < -0.4 is 0 Å². The number of hydrogen-bond donors (Lipinski definition) is 1. The van der Waals surface area contributed by atoms with Gasteiger partial charge in [0.2, 0.25) is 0 Å². The molecule has 1 N–H and O–H groups in total. The summed E-state index contributed by atoms with van der Waals surface area (Å²) in [5.74, 6) is 0.388. The molecule has 0 aromatic heterocycles. The molecule has 1 aliphatic carbocycles. The lowest BCUT2D eigenvalue weighted by Crippen LogP contribution is -2.36. The van der Waals surface area contributed by atoms with Crippen molar-refractivity contribution in [1.82, 2.24) is 0 Å². The number of aliphatic hydroxyl groups is 1. The van der Waals surface area contributed by atoms with E-state index in [1.165, 1.54) is 6.42 Å². The molecule has 14 heavy (non-hydrogen) atoms. The van der Waals surface area contributed by atoms with Crippen LogP contribution in [0.2, 0.25) is 0 Å². The summed E-state index contributed by atoms with van der Waals surface area (Å²) in [4.78, 5) is 0. The smallest absolute Gasteiger partial charge is 0.0921 e. The van der Waals surface area contributed by atoms with Crippen molar-refractivity contribution < 1.29 is 5.11 Å². The summed E-state index contributed by atoms with van der Waals surface area (Å²) in [6, 6.07) is 10.1. The maximum atomic E-state index is 10.6. The van der Waals surface area contributed by atoms with Gasteiger partial charge in [-0.2, -0.15) is 0 Å². The van der Waals surface area contributed by atoms with E-state index in [9.17, 15) is 5.11 Å². The Morgan fingerprint density at radius 2 is 1.93 bits per heavy atom. The zero-order valence-corrected chi connectivity index (χ0v) is 8.74. The summed E-state index contributed by atoms with van der Waals surface area (Å²) in [6.45, 7) is 2.16. The van der Waals surface area contributed by atoms with Crippen LogP contribution in [0, 0.1) is 5.92 Å².